The molecule has 1 aromatic carbocycles. The lowest BCUT2D eigenvalue weighted by molar-refractivity contribution is 0.0520. The molecule has 1 heterocycles. The third-order valence-electron chi connectivity index (χ3n) is 3.99. The fourth-order valence-corrected chi connectivity index (χ4v) is 3.23. The lowest BCUT2D eigenvalue weighted by Gasteiger charge is -2.22. The summed E-state index contributed by atoms with van der Waals surface area (Å²) in [5, 5.41) is 5.35. The molecule has 0 fully saturated rings. The Hall–Kier alpha value is -2.41. The first kappa shape index (κ1) is 19.9. The molecule has 0 unspecified atom stereocenters. The minimum atomic E-state index is -0.433. The maximum atomic E-state index is 12.7. The van der Waals surface area contributed by atoms with E-state index in [9.17, 15) is 9.59 Å². The summed E-state index contributed by atoms with van der Waals surface area (Å²) in [5.74, 6) is -0.433. The van der Waals surface area contributed by atoms with Crippen molar-refractivity contribution in [3.63, 3.8) is 0 Å². The van der Waals surface area contributed by atoms with Crippen molar-refractivity contribution < 1.29 is 14.3 Å². The molecule has 0 bridgehead atoms. The third kappa shape index (κ3) is 5.05. The van der Waals surface area contributed by atoms with Gasteiger partial charge in [-0.2, -0.15) is 0 Å². The largest absolute Gasteiger partial charge is 0.461 e. The van der Waals surface area contributed by atoms with Crippen LogP contribution in [0.4, 0.5) is 10.5 Å². The predicted molar refractivity (Wildman–Crippen MR) is 104 cm³/mol. The molecule has 0 aliphatic rings. The fourth-order valence-electron chi connectivity index (χ4n) is 2.45. The number of urea groups is 1. The molecule has 0 saturated carbocycles. The molecule has 2 amide bonds. The monoisotopic (exact) mass is 375 g/mol. The number of hydrogen-bond acceptors (Lipinski definition) is 5. The highest BCUT2D eigenvalue weighted by Gasteiger charge is 2.18. The van der Waals surface area contributed by atoms with Crippen LogP contribution in [0, 0.1) is 13.8 Å². The van der Waals surface area contributed by atoms with Crippen LogP contribution in [0.1, 0.15) is 46.9 Å². The van der Waals surface area contributed by atoms with Gasteiger partial charge in [0, 0.05) is 17.6 Å². The molecule has 1 N–H and O–H groups in total. The van der Waals surface area contributed by atoms with E-state index in [1.165, 1.54) is 11.3 Å². The zero-order chi connectivity index (χ0) is 19.1. The van der Waals surface area contributed by atoms with Crippen molar-refractivity contribution in [3.05, 3.63) is 45.4 Å². The van der Waals surface area contributed by atoms with Gasteiger partial charge in [-0.15, -0.1) is 11.3 Å². The fraction of sp³-hybridized carbons (Fsp3) is 0.421. The summed E-state index contributed by atoms with van der Waals surface area (Å²) in [6.45, 7) is 9.05. The van der Waals surface area contributed by atoms with E-state index in [-0.39, 0.29) is 6.03 Å². The summed E-state index contributed by atoms with van der Waals surface area (Å²) in [4.78, 5) is 30.5. The van der Waals surface area contributed by atoms with Gasteiger partial charge in [0.05, 0.1) is 13.2 Å². The summed E-state index contributed by atoms with van der Waals surface area (Å²) in [5.41, 5.74) is 3.28. The number of esters is 1. The van der Waals surface area contributed by atoms with E-state index in [1.54, 1.807) is 17.2 Å². The smallest absolute Gasteiger partial charge is 0.357 e. The average molecular weight is 375 g/mol. The second-order valence-corrected chi connectivity index (χ2v) is 6.89. The Morgan fingerprint density at radius 3 is 2.73 bits per heavy atom. The van der Waals surface area contributed by atoms with Crippen molar-refractivity contribution in [2.75, 3.05) is 18.5 Å². The quantitative estimate of drug-likeness (QED) is 0.729. The first-order valence-electron chi connectivity index (χ1n) is 8.69. The van der Waals surface area contributed by atoms with E-state index in [0.717, 1.165) is 23.2 Å². The van der Waals surface area contributed by atoms with Crippen LogP contribution < -0.4 is 5.32 Å². The van der Waals surface area contributed by atoms with Gasteiger partial charge >= 0.3 is 12.0 Å². The van der Waals surface area contributed by atoms with E-state index in [4.69, 9.17) is 4.74 Å². The van der Waals surface area contributed by atoms with Gasteiger partial charge in [-0.25, -0.2) is 14.6 Å². The summed E-state index contributed by atoms with van der Waals surface area (Å²) >= 11 is 1.35. The van der Waals surface area contributed by atoms with Gasteiger partial charge in [0.25, 0.3) is 0 Å². The molecule has 0 saturated heterocycles. The van der Waals surface area contributed by atoms with Crippen molar-refractivity contribution in [3.8, 4) is 0 Å². The molecule has 2 rings (SSSR count). The van der Waals surface area contributed by atoms with Crippen molar-refractivity contribution >= 4 is 29.0 Å². The lowest BCUT2D eigenvalue weighted by Crippen LogP contribution is -2.35. The molecule has 140 valence electrons. The lowest BCUT2D eigenvalue weighted by atomic mass is 10.1. The van der Waals surface area contributed by atoms with E-state index in [1.807, 2.05) is 39.0 Å². The maximum absolute atomic E-state index is 12.7. The molecule has 0 aliphatic carbocycles. The number of carbonyl (C=O) groups is 2. The summed E-state index contributed by atoms with van der Waals surface area (Å²) in [6, 6.07) is 5.66. The SMILES string of the molecule is CCCN(Cc1nc(C(=O)OCC)cs1)C(=O)Nc1cccc(C)c1C. The van der Waals surface area contributed by atoms with E-state index in [0.29, 0.717) is 30.4 Å². The van der Waals surface area contributed by atoms with Crippen molar-refractivity contribution in [2.45, 2.75) is 40.7 Å². The second kappa shape index (κ2) is 9.33. The Bertz CT molecular complexity index is 773. The van der Waals surface area contributed by atoms with Crippen LogP contribution in [-0.2, 0) is 11.3 Å². The average Bonchev–Trinajstić information content (AvgIpc) is 3.07. The maximum Gasteiger partial charge on any atom is 0.357 e. The minimum Gasteiger partial charge on any atom is -0.461 e. The highest BCUT2D eigenvalue weighted by atomic mass is 32.1. The van der Waals surface area contributed by atoms with Gasteiger partial charge in [-0.1, -0.05) is 19.1 Å². The van der Waals surface area contributed by atoms with E-state index in [2.05, 4.69) is 10.3 Å². The number of amides is 2. The Morgan fingerprint density at radius 2 is 2.04 bits per heavy atom. The highest BCUT2D eigenvalue weighted by molar-refractivity contribution is 7.09. The van der Waals surface area contributed by atoms with Crippen molar-refractivity contribution in [1.82, 2.24) is 9.88 Å². The van der Waals surface area contributed by atoms with Crippen LogP contribution >= 0.6 is 11.3 Å². The number of nitrogens with one attached hydrogen (secondary N) is 1. The topological polar surface area (TPSA) is 71.5 Å². The Kier molecular flexibility index (Phi) is 7.15. The molecule has 6 nitrogen and oxygen atoms in total. The van der Waals surface area contributed by atoms with Crippen molar-refractivity contribution in [1.29, 1.82) is 0 Å². The number of rotatable bonds is 7. The van der Waals surface area contributed by atoms with Crippen LogP contribution in [-0.4, -0.2) is 35.0 Å². The molecule has 26 heavy (non-hydrogen) atoms. The predicted octanol–water partition coefficient (Wildman–Crippen LogP) is 4.38. The number of carbonyl (C=O) groups excluding carboxylic acids is 2. The third-order valence-corrected chi connectivity index (χ3v) is 4.82. The van der Waals surface area contributed by atoms with Crippen LogP contribution in [0.15, 0.2) is 23.6 Å². The molecule has 7 heteroatoms. The molecule has 1 aromatic heterocycles. The molecule has 0 atom stereocenters. The van der Waals surface area contributed by atoms with Gasteiger partial charge in [-0.3, -0.25) is 0 Å². The van der Waals surface area contributed by atoms with E-state index < -0.39 is 5.97 Å². The standard InChI is InChI=1S/C19H25N3O3S/c1-5-10-22(11-17-20-16(12-26-17)18(23)25-6-2)19(24)21-15-9-7-8-13(3)14(15)4/h7-9,12H,5-6,10-11H2,1-4H3,(H,21,24). The molecule has 0 radical (unpaired) electrons. The summed E-state index contributed by atoms with van der Waals surface area (Å²) in [6.07, 6.45) is 0.830. The van der Waals surface area contributed by atoms with Crippen LogP contribution in [0.5, 0.6) is 0 Å². The zero-order valence-electron chi connectivity index (χ0n) is 15.7. The molecular weight excluding hydrogens is 350 g/mol. The Morgan fingerprint density at radius 1 is 1.27 bits per heavy atom. The Labute approximate surface area is 158 Å². The molecular formula is C19H25N3O3S. The van der Waals surface area contributed by atoms with Crippen molar-refractivity contribution in [2.24, 2.45) is 0 Å². The number of benzene rings is 1. The number of thiazole rings is 1. The van der Waals surface area contributed by atoms with Gasteiger partial charge in [-0.05, 0) is 44.4 Å². The number of ether oxygens (including phenoxy) is 1. The number of hydrogen-bond donors (Lipinski definition) is 1. The van der Waals surface area contributed by atoms with Crippen LogP contribution in [0.3, 0.4) is 0 Å². The summed E-state index contributed by atoms with van der Waals surface area (Å²) < 4.78 is 4.96. The summed E-state index contributed by atoms with van der Waals surface area (Å²) in [7, 11) is 0. The number of nitrogens with zero attached hydrogens (tertiary/aromatic N) is 2. The Balaban J connectivity index is 2.09. The first-order chi connectivity index (χ1) is 12.5. The number of aromatic nitrogens is 1. The van der Waals surface area contributed by atoms with Gasteiger partial charge < -0.3 is 15.0 Å². The molecule has 2 aromatic rings. The number of aryl methyl sites for hydroxylation is 1. The van der Waals surface area contributed by atoms with Gasteiger partial charge in [0.15, 0.2) is 5.69 Å². The second-order valence-electron chi connectivity index (χ2n) is 5.95. The van der Waals surface area contributed by atoms with E-state index >= 15 is 0 Å². The molecule has 0 spiro atoms. The van der Waals surface area contributed by atoms with Gasteiger partial charge in [0.2, 0.25) is 0 Å². The van der Waals surface area contributed by atoms with Crippen LogP contribution in [0.2, 0.25) is 0 Å². The van der Waals surface area contributed by atoms with Gasteiger partial charge in [0.1, 0.15) is 5.01 Å². The zero-order valence-corrected chi connectivity index (χ0v) is 16.5. The number of anilines is 1. The molecule has 0 aliphatic heterocycles. The van der Waals surface area contributed by atoms with Crippen LogP contribution in [0.25, 0.3) is 0 Å². The first-order valence-corrected chi connectivity index (χ1v) is 9.57. The highest BCUT2D eigenvalue weighted by Crippen LogP contribution is 2.19. The normalized spacial score (nSPS) is 10.5. The minimum absolute atomic E-state index is 0.173.